The first kappa shape index (κ1) is 23.4. The number of pyridine rings is 1. The van der Waals surface area contributed by atoms with Crippen LogP contribution in [0.1, 0.15) is 42.5 Å². The summed E-state index contributed by atoms with van der Waals surface area (Å²) in [6.45, 7) is 3.84. The van der Waals surface area contributed by atoms with Crippen LogP contribution >= 0.6 is 0 Å². The number of aromatic nitrogens is 3. The van der Waals surface area contributed by atoms with Gasteiger partial charge in [0.05, 0.1) is 47.8 Å². The normalized spacial score (nSPS) is 10.7. The van der Waals surface area contributed by atoms with Crippen molar-refractivity contribution < 1.29 is 23.9 Å². The third-order valence-electron chi connectivity index (χ3n) is 5.60. The number of H-pyrrole nitrogens is 1. The predicted molar refractivity (Wildman–Crippen MR) is 130 cm³/mol. The Hall–Kier alpha value is -4.73. The number of carbonyl (C=O) groups is 3. The van der Waals surface area contributed by atoms with Crippen LogP contribution in [0.2, 0.25) is 0 Å². The van der Waals surface area contributed by atoms with Gasteiger partial charge in [0, 0.05) is 28.5 Å². The molecule has 4 N–H and O–H groups in total. The molecule has 0 saturated heterocycles. The van der Waals surface area contributed by atoms with Gasteiger partial charge in [-0.2, -0.15) is 5.10 Å². The van der Waals surface area contributed by atoms with E-state index in [1.165, 1.54) is 38.6 Å². The summed E-state index contributed by atoms with van der Waals surface area (Å²) in [5, 5.41) is 11.0. The smallest absolute Gasteiger partial charge is 0.337 e. The molecule has 4 rings (SSSR count). The minimum atomic E-state index is -0.690. The van der Waals surface area contributed by atoms with Crippen molar-refractivity contribution >= 4 is 40.1 Å². The van der Waals surface area contributed by atoms with Crippen LogP contribution in [-0.2, 0) is 9.47 Å². The number of hydrogen-bond donors (Lipinski definition) is 3. The van der Waals surface area contributed by atoms with Crippen molar-refractivity contribution in [3.8, 4) is 11.1 Å². The number of methoxy groups -OCH3 is 2. The second kappa shape index (κ2) is 9.26. The number of primary amides is 1. The summed E-state index contributed by atoms with van der Waals surface area (Å²) in [7, 11) is 2.48. The Labute approximate surface area is 200 Å². The number of benzene rings is 2. The summed E-state index contributed by atoms with van der Waals surface area (Å²) in [5.74, 6) is -1.96. The summed E-state index contributed by atoms with van der Waals surface area (Å²) < 4.78 is 9.60. The highest BCUT2D eigenvalue weighted by Gasteiger charge is 2.19. The van der Waals surface area contributed by atoms with Gasteiger partial charge in [0.25, 0.3) is 5.91 Å². The van der Waals surface area contributed by atoms with E-state index in [4.69, 9.17) is 15.2 Å². The van der Waals surface area contributed by atoms with Crippen LogP contribution in [0.15, 0.2) is 42.6 Å². The molecule has 10 heteroatoms. The third-order valence-corrected chi connectivity index (χ3v) is 5.60. The molecule has 4 aromatic rings. The number of amides is 1. The van der Waals surface area contributed by atoms with Gasteiger partial charge in [0.2, 0.25) is 0 Å². The molecule has 0 fully saturated rings. The van der Waals surface area contributed by atoms with Crippen LogP contribution < -0.4 is 11.1 Å². The van der Waals surface area contributed by atoms with Crippen molar-refractivity contribution in [2.75, 3.05) is 19.5 Å². The van der Waals surface area contributed by atoms with Gasteiger partial charge in [0.1, 0.15) is 0 Å². The molecule has 0 aliphatic heterocycles. The zero-order valence-electron chi connectivity index (χ0n) is 19.6. The quantitative estimate of drug-likeness (QED) is 0.359. The molecule has 0 aliphatic rings. The Kier molecular flexibility index (Phi) is 6.20. The van der Waals surface area contributed by atoms with E-state index in [0.29, 0.717) is 22.3 Å². The van der Waals surface area contributed by atoms with E-state index in [9.17, 15) is 14.4 Å². The van der Waals surface area contributed by atoms with E-state index in [2.05, 4.69) is 20.5 Å². The van der Waals surface area contributed by atoms with Crippen LogP contribution in [0.5, 0.6) is 0 Å². The maximum absolute atomic E-state index is 12.2. The molecule has 2 aromatic carbocycles. The van der Waals surface area contributed by atoms with Crippen LogP contribution in [0.4, 0.5) is 11.4 Å². The molecular weight excluding hydrogens is 450 g/mol. The lowest BCUT2D eigenvalue weighted by Crippen LogP contribution is -2.14. The first-order valence-electron chi connectivity index (χ1n) is 10.6. The SMILES string of the molecule is COC(=O)c1cc(Nc2c(C(N)=O)cnc3cc(-c4c(C)n[nH]c4C)ccc23)cc(C(=O)OC)c1. The Bertz CT molecular complexity index is 1440. The fourth-order valence-corrected chi connectivity index (χ4v) is 3.96. The monoisotopic (exact) mass is 473 g/mol. The van der Waals surface area contributed by atoms with Gasteiger partial charge >= 0.3 is 11.9 Å². The van der Waals surface area contributed by atoms with E-state index in [-0.39, 0.29) is 16.7 Å². The van der Waals surface area contributed by atoms with E-state index in [1.54, 1.807) is 0 Å². The summed E-state index contributed by atoms with van der Waals surface area (Å²) in [4.78, 5) is 41.0. The third kappa shape index (κ3) is 4.41. The van der Waals surface area contributed by atoms with Gasteiger partial charge in [-0.3, -0.25) is 14.9 Å². The number of esters is 2. The maximum Gasteiger partial charge on any atom is 0.337 e. The van der Waals surface area contributed by atoms with Crippen LogP contribution in [0, 0.1) is 13.8 Å². The number of nitrogens with two attached hydrogens (primary N) is 1. The number of nitrogens with one attached hydrogen (secondary N) is 2. The number of aryl methyl sites for hydroxylation is 2. The molecule has 0 spiro atoms. The molecule has 2 aromatic heterocycles. The van der Waals surface area contributed by atoms with Crippen molar-refractivity contribution in [2.45, 2.75) is 13.8 Å². The number of hydrogen-bond acceptors (Lipinski definition) is 8. The number of aromatic amines is 1. The van der Waals surface area contributed by atoms with E-state index < -0.39 is 17.8 Å². The van der Waals surface area contributed by atoms with Gasteiger partial charge in [-0.15, -0.1) is 0 Å². The maximum atomic E-state index is 12.2. The van der Waals surface area contributed by atoms with Gasteiger partial charge < -0.3 is 20.5 Å². The second-order valence-corrected chi connectivity index (χ2v) is 7.86. The highest BCUT2D eigenvalue weighted by Crippen LogP contribution is 2.34. The molecule has 2 heterocycles. The number of ether oxygens (including phenoxy) is 2. The van der Waals surface area contributed by atoms with E-state index in [0.717, 1.165) is 22.5 Å². The summed E-state index contributed by atoms with van der Waals surface area (Å²) in [6, 6.07) is 9.98. The van der Waals surface area contributed by atoms with Gasteiger partial charge in [-0.1, -0.05) is 12.1 Å². The first-order valence-corrected chi connectivity index (χ1v) is 10.6. The molecular formula is C25H23N5O5. The first-order chi connectivity index (χ1) is 16.7. The van der Waals surface area contributed by atoms with Crippen molar-refractivity contribution in [3.05, 3.63) is 70.7 Å². The molecule has 0 radical (unpaired) electrons. The Morgan fingerprint density at radius 1 is 0.971 bits per heavy atom. The number of carbonyl (C=O) groups excluding carboxylic acids is 3. The van der Waals surface area contributed by atoms with Crippen LogP contribution in [-0.4, -0.2) is 47.2 Å². The molecule has 0 unspecified atom stereocenters. The Morgan fingerprint density at radius 3 is 2.17 bits per heavy atom. The molecule has 178 valence electrons. The molecule has 0 aliphatic carbocycles. The summed E-state index contributed by atoms with van der Waals surface area (Å²) in [5.41, 5.74) is 11.0. The summed E-state index contributed by atoms with van der Waals surface area (Å²) in [6.07, 6.45) is 1.39. The van der Waals surface area contributed by atoms with Crippen molar-refractivity contribution in [1.29, 1.82) is 0 Å². The molecule has 0 saturated carbocycles. The summed E-state index contributed by atoms with van der Waals surface area (Å²) >= 11 is 0. The number of fused-ring (bicyclic) bond motifs is 1. The molecule has 0 atom stereocenters. The number of nitrogens with zero attached hydrogens (tertiary/aromatic N) is 2. The topological polar surface area (TPSA) is 149 Å². The lowest BCUT2D eigenvalue weighted by Gasteiger charge is -2.15. The number of anilines is 2. The lowest BCUT2D eigenvalue weighted by atomic mass is 10.00. The highest BCUT2D eigenvalue weighted by molar-refractivity contribution is 6.08. The van der Waals surface area contributed by atoms with E-state index >= 15 is 0 Å². The van der Waals surface area contributed by atoms with Crippen molar-refractivity contribution in [1.82, 2.24) is 15.2 Å². The average Bonchev–Trinajstić information content (AvgIpc) is 3.19. The van der Waals surface area contributed by atoms with Crippen LogP contribution in [0.3, 0.4) is 0 Å². The molecule has 0 bridgehead atoms. The zero-order chi connectivity index (χ0) is 25.3. The Balaban J connectivity index is 1.88. The fourth-order valence-electron chi connectivity index (χ4n) is 3.96. The molecule has 1 amide bonds. The minimum Gasteiger partial charge on any atom is -0.465 e. The Morgan fingerprint density at radius 2 is 1.63 bits per heavy atom. The average molecular weight is 473 g/mol. The number of rotatable bonds is 6. The largest absolute Gasteiger partial charge is 0.465 e. The predicted octanol–water partition coefficient (Wildman–Crippen LogP) is 3.66. The van der Waals surface area contributed by atoms with Crippen molar-refractivity contribution in [2.24, 2.45) is 5.73 Å². The zero-order valence-corrected chi connectivity index (χ0v) is 19.6. The van der Waals surface area contributed by atoms with Gasteiger partial charge in [-0.25, -0.2) is 9.59 Å². The minimum absolute atomic E-state index is 0.130. The highest BCUT2D eigenvalue weighted by atomic mass is 16.5. The van der Waals surface area contributed by atoms with Gasteiger partial charge in [0.15, 0.2) is 0 Å². The molecule has 10 nitrogen and oxygen atoms in total. The fraction of sp³-hybridized carbons (Fsp3) is 0.160. The van der Waals surface area contributed by atoms with Crippen LogP contribution in [0.25, 0.3) is 22.0 Å². The standard InChI is InChI=1S/C25H23N5O5/c1-12-21(13(2)30-29-12)14-5-6-18-20(10-14)27-11-19(23(26)31)22(18)28-17-8-15(24(32)34-3)7-16(9-17)25(33)35-4/h5-11H,1-4H3,(H2,26,31)(H,27,28)(H,29,30). The van der Waals surface area contributed by atoms with Gasteiger partial charge in [-0.05, 0) is 43.7 Å². The van der Waals surface area contributed by atoms with E-state index in [1.807, 2.05) is 32.0 Å². The molecule has 35 heavy (non-hydrogen) atoms. The second-order valence-electron chi connectivity index (χ2n) is 7.86. The van der Waals surface area contributed by atoms with Crippen molar-refractivity contribution in [3.63, 3.8) is 0 Å². The lowest BCUT2D eigenvalue weighted by molar-refractivity contribution is 0.0599.